The van der Waals surface area contributed by atoms with Crippen molar-refractivity contribution in [2.24, 2.45) is 0 Å². The van der Waals surface area contributed by atoms with Crippen LogP contribution in [-0.2, 0) is 5.60 Å². The molecular formula is C11H12N2O3. The molecule has 0 radical (unpaired) electrons. The maximum atomic E-state index is 10.8. The molecule has 0 saturated carbocycles. The van der Waals surface area contributed by atoms with Crippen LogP contribution < -0.4 is 0 Å². The first-order valence-corrected chi connectivity index (χ1v) is 5.10. The molecule has 0 aromatic carbocycles. The van der Waals surface area contributed by atoms with Crippen LogP contribution in [-0.4, -0.2) is 15.0 Å². The van der Waals surface area contributed by atoms with E-state index in [-0.39, 0.29) is 5.69 Å². The van der Waals surface area contributed by atoms with Gasteiger partial charge in [0.1, 0.15) is 11.8 Å². The number of allylic oxidation sites excluding steroid dienone is 1. The number of rotatable bonds is 2. The summed E-state index contributed by atoms with van der Waals surface area (Å²) in [6.07, 6.45) is 8.14. The summed E-state index contributed by atoms with van der Waals surface area (Å²) < 4.78 is 0. The fourth-order valence-corrected chi connectivity index (χ4v) is 1.99. The number of nitrogens with zero attached hydrogens (tertiary/aromatic N) is 2. The molecule has 0 aliphatic heterocycles. The van der Waals surface area contributed by atoms with Gasteiger partial charge in [-0.3, -0.25) is 15.1 Å². The molecular weight excluding hydrogens is 208 g/mol. The summed E-state index contributed by atoms with van der Waals surface area (Å²) in [6, 6.07) is 1.53. The van der Waals surface area contributed by atoms with Crippen LogP contribution in [0.1, 0.15) is 24.8 Å². The number of aliphatic hydroxyl groups is 1. The topological polar surface area (TPSA) is 76.3 Å². The minimum absolute atomic E-state index is 0.111. The van der Waals surface area contributed by atoms with Gasteiger partial charge in [0.25, 0.3) is 5.69 Å². The highest BCUT2D eigenvalue weighted by atomic mass is 16.6. The molecule has 84 valence electrons. The van der Waals surface area contributed by atoms with Gasteiger partial charge in [-0.05, 0) is 25.3 Å². The van der Waals surface area contributed by atoms with Crippen molar-refractivity contribution < 1.29 is 10.0 Å². The highest BCUT2D eigenvalue weighted by molar-refractivity contribution is 5.42. The lowest BCUT2D eigenvalue weighted by atomic mass is 9.83. The molecule has 16 heavy (non-hydrogen) atoms. The summed E-state index contributed by atoms with van der Waals surface area (Å²) in [5.74, 6) is 0. The molecule has 0 fully saturated rings. The van der Waals surface area contributed by atoms with Crippen LogP contribution in [0, 0.1) is 10.1 Å². The Hall–Kier alpha value is -1.75. The third-order valence-electron chi connectivity index (χ3n) is 2.84. The standard InChI is InChI=1S/C11H12N2O3/c14-11(5-2-1-3-6-11)9-4-7-12-8-10(9)13(15)16/h1-2,4,7-8,14H,3,5-6H2. The molecule has 1 aromatic heterocycles. The Morgan fingerprint density at radius 2 is 2.31 bits per heavy atom. The predicted octanol–water partition coefficient (Wildman–Crippen LogP) is 1.92. The third-order valence-corrected chi connectivity index (χ3v) is 2.84. The van der Waals surface area contributed by atoms with Gasteiger partial charge in [-0.15, -0.1) is 0 Å². The molecule has 5 heteroatoms. The van der Waals surface area contributed by atoms with Crippen molar-refractivity contribution in [1.82, 2.24) is 4.98 Å². The predicted molar refractivity (Wildman–Crippen MR) is 57.8 cm³/mol. The smallest absolute Gasteiger partial charge is 0.293 e. The van der Waals surface area contributed by atoms with Crippen molar-refractivity contribution >= 4 is 5.69 Å². The molecule has 1 atom stereocenters. The van der Waals surface area contributed by atoms with Gasteiger partial charge >= 0.3 is 0 Å². The van der Waals surface area contributed by atoms with Gasteiger partial charge in [-0.25, -0.2) is 0 Å². The Kier molecular flexibility index (Phi) is 2.70. The summed E-state index contributed by atoms with van der Waals surface area (Å²) in [7, 11) is 0. The van der Waals surface area contributed by atoms with Gasteiger partial charge in [-0.2, -0.15) is 0 Å². The maximum absolute atomic E-state index is 10.8. The van der Waals surface area contributed by atoms with Crippen LogP contribution in [0.2, 0.25) is 0 Å². The lowest BCUT2D eigenvalue weighted by Gasteiger charge is -2.28. The van der Waals surface area contributed by atoms with Crippen LogP contribution in [0.5, 0.6) is 0 Å². The van der Waals surface area contributed by atoms with Gasteiger partial charge in [0.05, 0.1) is 10.5 Å². The molecule has 0 saturated heterocycles. The summed E-state index contributed by atoms with van der Waals surface area (Å²) in [5.41, 5.74) is -0.878. The van der Waals surface area contributed by atoms with Gasteiger partial charge in [0.15, 0.2) is 0 Å². The Labute approximate surface area is 92.6 Å². The van der Waals surface area contributed by atoms with Gasteiger partial charge < -0.3 is 5.11 Å². The number of hydrogen-bond acceptors (Lipinski definition) is 4. The van der Waals surface area contributed by atoms with E-state index in [0.717, 1.165) is 6.42 Å². The van der Waals surface area contributed by atoms with Crippen LogP contribution >= 0.6 is 0 Å². The number of pyridine rings is 1. The summed E-state index contributed by atoms with van der Waals surface area (Å²) >= 11 is 0. The van der Waals surface area contributed by atoms with E-state index in [1.807, 2.05) is 12.2 Å². The summed E-state index contributed by atoms with van der Waals surface area (Å²) in [6.45, 7) is 0. The van der Waals surface area contributed by atoms with E-state index in [4.69, 9.17) is 0 Å². The molecule has 0 bridgehead atoms. The second-order valence-corrected chi connectivity index (χ2v) is 3.90. The van der Waals surface area contributed by atoms with E-state index >= 15 is 0 Å². The average molecular weight is 220 g/mol. The maximum Gasteiger partial charge on any atom is 0.293 e. The Balaban J connectivity index is 2.46. The van der Waals surface area contributed by atoms with Crippen molar-refractivity contribution in [3.05, 3.63) is 46.3 Å². The van der Waals surface area contributed by atoms with E-state index in [2.05, 4.69) is 4.98 Å². The lowest BCUT2D eigenvalue weighted by Crippen LogP contribution is -2.27. The number of aromatic nitrogens is 1. The highest BCUT2D eigenvalue weighted by Crippen LogP contribution is 2.37. The average Bonchev–Trinajstić information content (AvgIpc) is 2.30. The summed E-state index contributed by atoms with van der Waals surface area (Å²) in [4.78, 5) is 14.1. The van der Waals surface area contributed by atoms with E-state index in [1.54, 1.807) is 0 Å². The molecule has 1 aromatic rings. The fourth-order valence-electron chi connectivity index (χ4n) is 1.99. The quantitative estimate of drug-likeness (QED) is 0.469. The third kappa shape index (κ3) is 1.81. The van der Waals surface area contributed by atoms with E-state index < -0.39 is 10.5 Å². The van der Waals surface area contributed by atoms with Crippen molar-refractivity contribution in [3.8, 4) is 0 Å². The van der Waals surface area contributed by atoms with E-state index in [1.165, 1.54) is 18.5 Å². The Bertz CT molecular complexity index is 445. The van der Waals surface area contributed by atoms with E-state index in [0.29, 0.717) is 18.4 Å². The van der Waals surface area contributed by atoms with Crippen LogP contribution in [0.25, 0.3) is 0 Å². The Morgan fingerprint density at radius 1 is 1.50 bits per heavy atom. The molecule has 0 spiro atoms. The second-order valence-electron chi connectivity index (χ2n) is 3.90. The fraction of sp³-hybridized carbons (Fsp3) is 0.364. The normalized spacial score (nSPS) is 24.3. The molecule has 2 rings (SSSR count). The van der Waals surface area contributed by atoms with Gasteiger partial charge in [0, 0.05) is 6.20 Å². The van der Waals surface area contributed by atoms with Crippen molar-refractivity contribution in [2.75, 3.05) is 0 Å². The molecule has 1 heterocycles. The molecule has 0 amide bonds. The Morgan fingerprint density at radius 3 is 2.94 bits per heavy atom. The molecule has 5 nitrogen and oxygen atoms in total. The largest absolute Gasteiger partial charge is 0.385 e. The zero-order valence-corrected chi connectivity index (χ0v) is 8.67. The number of nitro groups is 1. The molecule has 1 aliphatic carbocycles. The zero-order valence-electron chi connectivity index (χ0n) is 8.67. The first-order valence-electron chi connectivity index (χ1n) is 5.10. The lowest BCUT2D eigenvalue weighted by molar-refractivity contribution is -0.387. The SMILES string of the molecule is O=[N+]([O-])c1cnccc1C1(O)CC=CCC1. The minimum Gasteiger partial charge on any atom is -0.385 e. The molecule has 1 unspecified atom stereocenters. The number of hydrogen-bond donors (Lipinski definition) is 1. The van der Waals surface area contributed by atoms with Crippen molar-refractivity contribution in [1.29, 1.82) is 0 Å². The van der Waals surface area contributed by atoms with Crippen LogP contribution in [0.3, 0.4) is 0 Å². The zero-order chi connectivity index (χ0) is 11.6. The van der Waals surface area contributed by atoms with E-state index in [9.17, 15) is 15.2 Å². The monoisotopic (exact) mass is 220 g/mol. The minimum atomic E-state index is -1.12. The van der Waals surface area contributed by atoms with Crippen molar-refractivity contribution in [2.45, 2.75) is 24.9 Å². The molecule has 1 aliphatic rings. The van der Waals surface area contributed by atoms with Crippen molar-refractivity contribution in [3.63, 3.8) is 0 Å². The van der Waals surface area contributed by atoms with Gasteiger partial charge in [-0.1, -0.05) is 12.2 Å². The summed E-state index contributed by atoms with van der Waals surface area (Å²) in [5, 5.41) is 21.2. The first-order chi connectivity index (χ1) is 7.63. The molecule has 1 N–H and O–H groups in total. The van der Waals surface area contributed by atoms with Gasteiger partial charge in [0.2, 0.25) is 0 Å². The second kappa shape index (κ2) is 4.02. The highest BCUT2D eigenvalue weighted by Gasteiger charge is 2.35. The van der Waals surface area contributed by atoms with Crippen LogP contribution in [0.4, 0.5) is 5.69 Å². The first kappa shape index (κ1) is 10.8. The van der Waals surface area contributed by atoms with Crippen LogP contribution in [0.15, 0.2) is 30.6 Å².